The molecule has 0 fully saturated rings. The van der Waals surface area contributed by atoms with Crippen LogP contribution in [-0.2, 0) is 11.4 Å². The second-order valence-electron chi connectivity index (χ2n) is 10.7. The monoisotopic (exact) mass is 604 g/mol. The molecule has 1 aliphatic heterocycles. The van der Waals surface area contributed by atoms with Crippen LogP contribution in [0, 0.1) is 6.92 Å². The number of ether oxygens (including phenoxy) is 3. The Bertz CT molecular complexity index is 2140. The summed E-state index contributed by atoms with van der Waals surface area (Å²) in [5.74, 6) is 1.62. The molecular weight excluding hydrogens is 572 g/mol. The van der Waals surface area contributed by atoms with Crippen molar-refractivity contribution in [2.24, 2.45) is 4.99 Å². The standard InChI is InChI=1S/C36H32N2O5S/c1-21-9-8-10-25(17-21)20-43-28-15-13-24(18-30(28)42-5)19-31-35(40)38-34(32(23(3)39)22(2)37-36(38)44-31)33-27-12-7-6-11-26(27)14-16-29(33)41-4/h6-19,34H,20H2,1-5H3/t34-/m1/s1. The van der Waals surface area contributed by atoms with E-state index < -0.39 is 6.04 Å². The van der Waals surface area contributed by atoms with Crippen molar-refractivity contribution in [2.75, 3.05) is 14.2 Å². The topological polar surface area (TPSA) is 79.1 Å². The van der Waals surface area contributed by atoms with Gasteiger partial charge in [0.1, 0.15) is 12.4 Å². The van der Waals surface area contributed by atoms with Crippen LogP contribution in [-0.4, -0.2) is 24.6 Å². The second kappa shape index (κ2) is 12.0. The molecule has 0 aliphatic carbocycles. The van der Waals surface area contributed by atoms with Gasteiger partial charge in [0.25, 0.3) is 5.56 Å². The van der Waals surface area contributed by atoms with E-state index in [2.05, 4.69) is 6.07 Å². The lowest BCUT2D eigenvalue weighted by Crippen LogP contribution is -2.39. The summed E-state index contributed by atoms with van der Waals surface area (Å²) in [5.41, 5.74) is 4.58. The number of ketones is 1. The van der Waals surface area contributed by atoms with Gasteiger partial charge in [-0.3, -0.25) is 14.2 Å². The molecule has 0 N–H and O–H groups in total. The Hall–Kier alpha value is -4.95. The molecular formula is C36H32N2O5S. The summed E-state index contributed by atoms with van der Waals surface area (Å²) in [5, 5.41) is 1.89. The van der Waals surface area contributed by atoms with Crippen molar-refractivity contribution in [1.82, 2.24) is 4.57 Å². The fourth-order valence-electron chi connectivity index (χ4n) is 5.79. The average molecular weight is 605 g/mol. The van der Waals surface area contributed by atoms with Gasteiger partial charge in [-0.25, -0.2) is 4.99 Å². The first-order valence-corrected chi connectivity index (χ1v) is 15.1. The molecule has 0 amide bonds. The van der Waals surface area contributed by atoms with Gasteiger partial charge >= 0.3 is 0 Å². The summed E-state index contributed by atoms with van der Waals surface area (Å²) in [7, 11) is 3.19. The second-order valence-corrected chi connectivity index (χ2v) is 11.7. The molecule has 6 rings (SSSR count). The van der Waals surface area contributed by atoms with Crippen LogP contribution in [0.3, 0.4) is 0 Å². The Morgan fingerprint density at radius 2 is 1.70 bits per heavy atom. The third-order valence-corrected chi connectivity index (χ3v) is 8.77. The number of rotatable bonds is 8. The van der Waals surface area contributed by atoms with Crippen molar-refractivity contribution in [2.45, 2.75) is 33.4 Å². The Labute approximate surface area is 259 Å². The predicted molar refractivity (Wildman–Crippen MR) is 173 cm³/mol. The highest BCUT2D eigenvalue weighted by Gasteiger charge is 2.33. The van der Waals surface area contributed by atoms with E-state index in [4.69, 9.17) is 19.2 Å². The van der Waals surface area contributed by atoms with Crippen LogP contribution in [0.4, 0.5) is 0 Å². The number of Topliss-reactive ketones (excluding diaryl/α,β-unsaturated/α-hetero) is 1. The van der Waals surface area contributed by atoms with Gasteiger partial charge < -0.3 is 14.2 Å². The van der Waals surface area contributed by atoms with Crippen molar-refractivity contribution in [3.8, 4) is 17.2 Å². The molecule has 4 aromatic carbocycles. The zero-order valence-corrected chi connectivity index (χ0v) is 26.0. The Balaban J connectivity index is 1.46. The zero-order chi connectivity index (χ0) is 31.0. The van der Waals surface area contributed by atoms with E-state index in [1.54, 1.807) is 18.8 Å². The van der Waals surface area contributed by atoms with E-state index in [1.165, 1.54) is 23.8 Å². The lowest BCUT2D eigenvalue weighted by atomic mass is 9.89. The van der Waals surface area contributed by atoms with Crippen LogP contribution in [0.5, 0.6) is 17.2 Å². The SMILES string of the molecule is COc1cc(C=c2sc3n(c2=O)[C@@H](c2c(OC)ccc4ccccc24)C(C(C)=O)=C(C)N=3)ccc1OCc1cccc(C)c1. The minimum atomic E-state index is -0.695. The number of hydrogen-bond donors (Lipinski definition) is 0. The van der Waals surface area contributed by atoms with Crippen molar-refractivity contribution in [1.29, 1.82) is 0 Å². The first-order valence-electron chi connectivity index (χ1n) is 14.2. The van der Waals surface area contributed by atoms with E-state index >= 15 is 0 Å². The molecule has 1 atom stereocenters. The number of hydrogen-bond acceptors (Lipinski definition) is 7. The number of fused-ring (bicyclic) bond motifs is 2. The summed E-state index contributed by atoms with van der Waals surface area (Å²) >= 11 is 1.29. The maximum absolute atomic E-state index is 14.2. The Morgan fingerprint density at radius 1 is 0.932 bits per heavy atom. The Kier molecular flexibility index (Phi) is 7.93. The Morgan fingerprint density at radius 3 is 2.45 bits per heavy atom. The van der Waals surface area contributed by atoms with Crippen LogP contribution in [0.1, 0.15) is 42.1 Å². The van der Waals surface area contributed by atoms with Crippen molar-refractivity contribution in [3.63, 3.8) is 0 Å². The number of allylic oxidation sites excluding steroid dienone is 2. The lowest BCUT2D eigenvalue weighted by molar-refractivity contribution is -0.114. The highest BCUT2D eigenvalue weighted by molar-refractivity contribution is 7.07. The largest absolute Gasteiger partial charge is 0.496 e. The lowest BCUT2D eigenvalue weighted by Gasteiger charge is -2.27. The summed E-state index contributed by atoms with van der Waals surface area (Å²) in [6.07, 6.45) is 1.82. The molecule has 0 saturated carbocycles. The molecule has 222 valence electrons. The first-order chi connectivity index (χ1) is 21.3. The molecule has 1 aliphatic rings. The molecule has 0 radical (unpaired) electrons. The van der Waals surface area contributed by atoms with Gasteiger partial charge in [0.05, 0.1) is 24.8 Å². The smallest absolute Gasteiger partial charge is 0.271 e. The quantitative estimate of drug-likeness (QED) is 0.221. The highest BCUT2D eigenvalue weighted by Crippen LogP contribution is 2.40. The van der Waals surface area contributed by atoms with Gasteiger partial charge in [0, 0.05) is 16.8 Å². The molecule has 5 aromatic rings. The number of thiazole rings is 1. The van der Waals surface area contributed by atoms with Gasteiger partial charge in [-0.1, -0.05) is 77.6 Å². The zero-order valence-electron chi connectivity index (χ0n) is 25.2. The molecule has 0 bridgehead atoms. The van der Waals surface area contributed by atoms with Gasteiger partial charge in [-0.2, -0.15) is 0 Å². The third-order valence-electron chi connectivity index (χ3n) is 7.79. The number of carbonyl (C=O) groups is 1. The summed E-state index contributed by atoms with van der Waals surface area (Å²) in [6.45, 7) is 5.79. The minimum Gasteiger partial charge on any atom is -0.496 e. The molecule has 1 aromatic heterocycles. The van der Waals surface area contributed by atoms with Crippen LogP contribution < -0.4 is 29.1 Å². The van der Waals surface area contributed by atoms with Crippen molar-refractivity contribution < 1.29 is 19.0 Å². The third kappa shape index (κ3) is 5.33. The summed E-state index contributed by atoms with van der Waals surface area (Å²) in [6, 6.07) is 24.8. The fourth-order valence-corrected chi connectivity index (χ4v) is 6.83. The fraction of sp³-hybridized carbons (Fsp3) is 0.194. The molecule has 0 spiro atoms. The van der Waals surface area contributed by atoms with Crippen LogP contribution >= 0.6 is 11.3 Å². The van der Waals surface area contributed by atoms with Crippen molar-refractivity contribution >= 4 is 34.0 Å². The van der Waals surface area contributed by atoms with E-state index in [0.717, 1.165) is 27.5 Å². The molecule has 44 heavy (non-hydrogen) atoms. The number of aromatic nitrogens is 1. The number of nitrogens with zero attached hydrogens (tertiary/aromatic N) is 2. The van der Waals surface area contributed by atoms with Gasteiger partial charge in [0.15, 0.2) is 22.1 Å². The average Bonchev–Trinajstić information content (AvgIpc) is 3.32. The van der Waals surface area contributed by atoms with E-state index in [-0.39, 0.29) is 11.3 Å². The molecule has 0 saturated heterocycles. The van der Waals surface area contributed by atoms with Gasteiger partial charge in [-0.15, -0.1) is 0 Å². The van der Waals surface area contributed by atoms with Gasteiger partial charge in [-0.05, 0) is 66.9 Å². The number of benzene rings is 4. The molecule has 8 heteroatoms. The number of methoxy groups -OCH3 is 2. The predicted octanol–water partition coefficient (Wildman–Crippen LogP) is 5.88. The first kappa shape index (κ1) is 29.1. The molecule has 7 nitrogen and oxygen atoms in total. The maximum atomic E-state index is 14.2. The highest BCUT2D eigenvalue weighted by atomic mass is 32.1. The minimum absolute atomic E-state index is 0.147. The number of carbonyl (C=O) groups excluding carboxylic acids is 1. The maximum Gasteiger partial charge on any atom is 0.271 e. The number of aryl methyl sites for hydroxylation is 1. The summed E-state index contributed by atoms with van der Waals surface area (Å²) < 4.78 is 19.6. The molecule has 0 unspecified atom stereocenters. The molecule has 2 heterocycles. The van der Waals surface area contributed by atoms with Gasteiger partial charge in [0.2, 0.25) is 0 Å². The van der Waals surface area contributed by atoms with Crippen molar-refractivity contribution in [3.05, 3.63) is 132 Å². The van der Waals surface area contributed by atoms with E-state index in [9.17, 15) is 9.59 Å². The van der Waals surface area contributed by atoms with E-state index in [0.29, 0.717) is 44.5 Å². The van der Waals surface area contributed by atoms with Crippen LogP contribution in [0.15, 0.2) is 99.9 Å². The normalized spacial score (nSPS) is 14.8. The van der Waals surface area contributed by atoms with E-state index in [1.807, 2.05) is 92.7 Å². The summed E-state index contributed by atoms with van der Waals surface area (Å²) in [4.78, 5) is 32.5. The van der Waals surface area contributed by atoms with Crippen LogP contribution in [0.25, 0.3) is 16.8 Å². The van der Waals surface area contributed by atoms with Crippen LogP contribution in [0.2, 0.25) is 0 Å².